The molecule has 64 heavy (non-hydrogen) atoms. The molecule has 0 aromatic heterocycles. The van der Waals surface area contributed by atoms with Crippen LogP contribution >= 0.6 is 11.8 Å². The van der Waals surface area contributed by atoms with Crippen molar-refractivity contribution >= 4 is 53.2 Å². The van der Waals surface area contributed by atoms with Crippen molar-refractivity contribution in [1.29, 1.82) is 0 Å². The van der Waals surface area contributed by atoms with E-state index in [2.05, 4.69) is 10.6 Å². The molecule has 0 radical (unpaired) electrons. The number of rotatable bonds is 10. The van der Waals surface area contributed by atoms with E-state index in [0.717, 1.165) is 11.1 Å². The van der Waals surface area contributed by atoms with Gasteiger partial charge in [0.25, 0.3) is 5.91 Å². The number of thioether (sulfide) groups is 1. The number of cyclic esters (lactones) is 2. The van der Waals surface area contributed by atoms with Crippen LogP contribution in [0.5, 0.6) is 0 Å². The smallest absolute Gasteiger partial charge is 0.334 e. The van der Waals surface area contributed by atoms with E-state index in [-0.39, 0.29) is 44.1 Å². The lowest BCUT2D eigenvalue weighted by Crippen LogP contribution is -2.58. The normalized spacial score (nSPS) is 27.5. The lowest BCUT2D eigenvalue weighted by atomic mass is 9.90. The van der Waals surface area contributed by atoms with Crippen LogP contribution in [0.1, 0.15) is 101 Å². The maximum atomic E-state index is 14.2. The number of carbonyl (C=O) groups excluding carboxylic acids is 7. The van der Waals surface area contributed by atoms with Gasteiger partial charge in [-0.3, -0.25) is 24.0 Å². The Kier molecular flexibility index (Phi) is 24.7. The van der Waals surface area contributed by atoms with E-state index in [4.69, 9.17) is 14.2 Å². The second-order valence-corrected chi connectivity index (χ2v) is 18.0. The summed E-state index contributed by atoms with van der Waals surface area (Å²) in [6.45, 7) is 17.2. The standard InChI is InChI=1S/C47H73N5O10S.CH4/c1-15-29(5)40-45(57)51(12)34(10)47(59)62-41(30(6)16-2)32(8)37(60-27-63-14)23-22-31(7)46(58)61-38(24-28(3)4)42(54)48-33(9)43(55)52(13)36(25-35-20-18-17-19-21-35)44(56)50(11)26-39(53)49-40;/h16-22,28-29,32-34,36-38,40-41H,15,23-27H2,1-14H3,(H,48,54)(H,49,53);1H4/b30-16+,31-22+;/t29?,32-,33+,34+,36-,37-,38-,40+,41-;/m1./s1. The van der Waals surface area contributed by atoms with E-state index in [1.165, 1.54) is 54.5 Å². The van der Waals surface area contributed by atoms with Gasteiger partial charge in [-0.2, -0.15) is 0 Å². The molecule has 16 heteroatoms. The van der Waals surface area contributed by atoms with Crippen molar-refractivity contribution in [2.24, 2.45) is 17.8 Å². The zero-order chi connectivity index (χ0) is 47.7. The van der Waals surface area contributed by atoms with Crippen LogP contribution < -0.4 is 10.6 Å². The highest BCUT2D eigenvalue weighted by Crippen LogP contribution is 2.27. The van der Waals surface area contributed by atoms with Crippen molar-refractivity contribution in [3.63, 3.8) is 0 Å². The van der Waals surface area contributed by atoms with Gasteiger partial charge >= 0.3 is 11.9 Å². The monoisotopic (exact) mass is 916 g/mol. The molecule has 9 atom stereocenters. The summed E-state index contributed by atoms with van der Waals surface area (Å²) in [5.74, 6) is -4.88. The molecular formula is C48H77N5O10S. The van der Waals surface area contributed by atoms with Crippen molar-refractivity contribution in [3.05, 3.63) is 59.2 Å². The van der Waals surface area contributed by atoms with Gasteiger partial charge in [0.15, 0.2) is 6.10 Å². The Morgan fingerprint density at radius 2 is 1.55 bits per heavy atom. The Balaban J connectivity index is 0.0000205. The number of benzene rings is 1. The third-order valence-electron chi connectivity index (χ3n) is 11.7. The Hall–Kier alpha value is -4.70. The zero-order valence-electron chi connectivity index (χ0n) is 39.9. The van der Waals surface area contributed by atoms with Gasteiger partial charge in [-0.1, -0.05) is 91.0 Å². The number of hydrogen-bond donors (Lipinski definition) is 2. The number of nitrogens with one attached hydrogen (secondary N) is 2. The molecule has 0 aliphatic carbocycles. The maximum absolute atomic E-state index is 14.2. The van der Waals surface area contributed by atoms with Crippen LogP contribution in [-0.2, 0) is 54.2 Å². The molecule has 2 N–H and O–H groups in total. The zero-order valence-corrected chi connectivity index (χ0v) is 40.7. The Bertz CT molecular complexity index is 1790. The number of ether oxygens (including phenoxy) is 3. The maximum Gasteiger partial charge on any atom is 0.334 e. The summed E-state index contributed by atoms with van der Waals surface area (Å²) in [6, 6.07) is 4.73. The average Bonchev–Trinajstić information content (AvgIpc) is 3.26. The summed E-state index contributed by atoms with van der Waals surface area (Å²) >= 11 is 1.46. The number of esters is 2. The predicted octanol–water partition coefficient (Wildman–Crippen LogP) is 5.56. The van der Waals surface area contributed by atoms with Crippen molar-refractivity contribution in [2.45, 2.75) is 145 Å². The fourth-order valence-electron chi connectivity index (χ4n) is 7.10. The van der Waals surface area contributed by atoms with Crippen LogP contribution in [0.2, 0.25) is 0 Å². The number of nitrogens with zero attached hydrogens (tertiary/aromatic N) is 3. The first-order valence-corrected chi connectivity index (χ1v) is 23.2. The van der Waals surface area contributed by atoms with Crippen LogP contribution in [0.15, 0.2) is 53.6 Å². The molecule has 0 bridgehead atoms. The highest BCUT2D eigenvalue weighted by Gasteiger charge is 2.38. The highest BCUT2D eigenvalue weighted by atomic mass is 32.2. The lowest BCUT2D eigenvalue weighted by molar-refractivity contribution is -0.161. The number of likely N-dealkylation sites (N-methyl/N-ethyl adjacent to an activating group) is 3. The minimum absolute atomic E-state index is 0. The van der Waals surface area contributed by atoms with Gasteiger partial charge in [0.1, 0.15) is 30.3 Å². The SMILES string of the molecule is C.C/C=C(\C)[C@H]1OC(=O)[C@H](C)N(C)C(=O)[C@H](C(C)CC)NC(=O)CN(C)C(=O)[C@@H](Cc2ccccc2)N(C)C(=O)[C@H](C)NC(=O)[C@@H](CC(C)C)OC(=O)/C(C)=C/C[C@@H](OCSC)[C@H]1C. The number of hydrogen-bond acceptors (Lipinski definition) is 11. The van der Waals surface area contributed by atoms with E-state index in [1.807, 2.05) is 79.0 Å². The van der Waals surface area contributed by atoms with Crippen LogP contribution in [-0.4, -0.2) is 139 Å². The van der Waals surface area contributed by atoms with Crippen molar-refractivity contribution in [2.75, 3.05) is 39.9 Å². The third-order valence-corrected chi connectivity index (χ3v) is 12.1. The van der Waals surface area contributed by atoms with Gasteiger partial charge in [-0.25, -0.2) is 9.59 Å². The largest absolute Gasteiger partial charge is 0.456 e. The molecule has 1 unspecified atom stereocenters. The molecule has 0 saturated carbocycles. The third kappa shape index (κ3) is 16.7. The molecular weight excluding hydrogens is 839 g/mol. The van der Waals surface area contributed by atoms with Crippen molar-refractivity contribution < 1.29 is 47.8 Å². The van der Waals surface area contributed by atoms with Gasteiger partial charge in [0, 0.05) is 39.1 Å². The first kappa shape index (κ1) is 57.3. The van der Waals surface area contributed by atoms with Crippen molar-refractivity contribution in [1.82, 2.24) is 25.3 Å². The Morgan fingerprint density at radius 3 is 2.11 bits per heavy atom. The molecule has 1 aromatic carbocycles. The molecule has 0 spiro atoms. The Labute approximate surface area is 386 Å². The lowest BCUT2D eigenvalue weighted by Gasteiger charge is -2.35. The van der Waals surface area contributed by atoms with Crippen molar-refractivity contribution in [3.8, 4) is 0 Å². The predicted molar refractivity (Wildman–Crippen MR) is 252 cm³/mol. The second-order valence-electron chi connectivity index (χ2n) is 17.1. The molecule has 1 heterocycles. The molecule has 1 aliphatic rings. The van der Waals surface area contributed by atoms with E-state index < -0.39 is 96.4 Å². The molecule has 0 fully saturated rings. The summed E-state index contributed by atoms with van der Waals surface area (Å²) in [6.07, 6.45) is 3.86. The van der Waals surface area contributed by atoms with Gasteiger partial charge in [0.2, 0.25) is 23.6 Å². The van der Waals surface area contributed by atoms with E-state index >= 15 is 0 Å². The average molecular weight is 916 g/mol. The summed E-state index contributed by atoms with van der Waals surface area (Å²) in [5.41, 5.74) is 1.73. The first-order chi connectivity index (χ1) is 29.6. The van der Waals surface area contributed by atoms with E-state index in [0.29, 0.717) is 12.4 Å². The summed E-state index contributed by atoms with van der Waals surface area (Å²) in [7, 11) is 4.37. The summed E-state index contributed by atoms with van der Waals surface area (Å²) in [4.78, 5) is 101. The molecule has 0 saturated heterocycles. The fraction of sp³-hybridized carbons (Fsp3) is 0.646. The minimum atomic E-state index is -1.23. The molecule has 15 nitrogen and oxygen atoms in total. The van der Waals surface area contributed by atoms with Crippen LogP contribution in [0.25, 0.3) is 0 Å². The van der Waals surface area contributed by atoms with Gasteiger partial charge in [-0.05, 0) is 76.7 Å². The summed E-state index contributed by atoms with van der Waals surface area (Å²) < 4.78 is 18.2. The van der Waals surface area contributed by atoms with Gasteiger partial charge in [-0.15, -0.1) is 11.8 Å². The Morgan fingerprint density at radius 1 is 0.922 bits per heavy atom. The quantitative estimate of drug-likeness (QED) is 0.171. The summed E-state index contributed by atoms with van der Waals surface area (Å²) in [5, 5.41) is 5.51. The minimum Gasteiger partial charge on any atom is -0.456 e. The van der Waals surface area contributed by atoms with Gasteiger partial charge < -0.3 is 39.5 Å². The first-order valence-electron chi connectivity index (χ1n) is 21.8. The molecule has 1 aliphatic heterocycles. The van der Waals surface area contributed by atoms with Crippen LogP contribution in [0.4, 0.5) is 0 Å². The number of carbonyl (C=O) groups is 7. The van der Waals surface area contributed by atoms with Crippen LogP contribution in [0.3, 0.4) is 0 Å². The van der Waals surface area contributed by atoms with E-state index in [9.17, 15) is 33.6 Å². The molecule has 360 valence electrons. The molecule has 5 amide bonds. The van der Waals surface area contributed by atoms with E-state index in [1.54, 1.807) is 32.1 Å². The van der Waals surface area contributed by atoms with Gasteiger partial charge in [0.05, 0.1) is 18.6 Å². The molecule has 1 aromatic rings. The topological polar surface area (TPSA) is 181 Å². The fourth-order valence-corrected chi connectivity index (χ4v) is 7.41. The molecule has 2 rings (SSSR count). The number of amides is 5. The second kappa shape index (κ2) is 27.6. The number of allylic oxidation sites excluding steroid dienone is 1. The highest BCUT2D eigenvalue weighted by molar-refractivity contribution is 7.98. The van der Waals surface area contributed by atoms with Crippen LogP contribution in [0, 0.1) is 17.8 Å².